The van der Waals surface area contributed by atoms with Gasteiger partial charge in [-0.1, -0.05) is 12.1 Å². The molecule has 0 fully saturated rings. The molecule has 0 amide bonds. The standard InChI is InChI=1S/C14H18IN3/c1-10-5-6-11(2)13(7-10)17(3)9-14-12(15)8-16-18(14)4/h5-8H,9H2,1-4H3. The summed E-state index contributed by atoms with van der Waals surface area (Å²) in [5.74, 6) is 0. The molecular weight excluding hydrogens is 337 g/mol. The quantitative estimate of drug-likeness (QED) is 0.788. The molecule has 2 rings (SSSR count). The molecule has 4 heteroatoms. The highest BCUT2D eigenvalue weighted by molar-refractivity contribution is 14.1. The molecule has 0 aliphatic heterocycles. The van der Waals surface area contributed by atoms with Crippen LogP contribution in [0.4, 0.5) is 5.69 Å². The summed E-state index contributed by atoms with van der Waals surface area (Å²) in [5.41, 5.74) is 5.13. The average molecular weight is 355 g/mol. The second-order valence-corrected chi connectivity index (χ2v) is 5.87. The maximum atomic E-state index is 4.29. The van der Waals surface area contributed by atoms with Gasteiger partial charge in [-0.2, -0.15) is 5.10 Å². The predicted molar refractivity (Wildman–Crippen MR) is 83.9 cm³/mol. The summed E-state index contributed by atoms with van der Waals surface area (Å²) in [6.45, 7) is 5.16. The second kappa shape index (κ2) is 5.30. The van der Waals surface area contributed by atoms with E-state index in [4.69, 9.17) is 0 Å². The molecule has 0 radical (unpaired) electrons. The SMILES string of the molecule is Cc1ccc(C)c(N(C)Cc2c(I)cnn2C)c1. The van der Waals surface area contributed by atoms with Crippen molar-refractivity contribution in [3.05, 3.63) is 44.8 Å². The fourth-order valence-corrected chi connectivity index (χ4v) is 2.70. The summed E-state index contributed by atoms with van der Waals surface area (Å²) in [6, 6.07) is 6.56. The van der Waals surface area contributed by atoms with Crippen LogP contribution in [0.3, 0.4) is 0 Å². The first-order valence-corrected chi connectivity index (χ1v) is 7.01. The Morgan fingerprint density at radius 1 is 1.33 bits per heavy atom. The van der Waals surface area contributed by atoms with E-state index >= 15 is 0 Å². The monoisotopic (exact) mass is 355 g/mol. The molecule has 18 heavy (non-hydrogen) atoms. The first-order chi connectivity index (χ1) is 8.49. The molecule has 0 bridgehead atoms. The van der Waals surface area contributed by atoms with Gasteiger partial charge in [0.15, 0.2) is 0 Å². The smallest absolute Gasteiger partial charge is 0.0707 e. The molecule has 0 atom stereocenters. The van der Waals surface area contributed by atoms with Gasteiger partial charge in [-0.25, -0.2) is 0 Å². The number of anilines is 1. The summed E-state index contributed by atoms with van der Waals surface area (Å²) in [6.07, 6.45) is 1.91. The lowest BCUT2D eigenvalue weighted by atomic mass is 10.1. The Morgan fingerprint density at radius 3 is 2.67 bits per heavy atom. The maximum absolute atomic E-state index is 4.29. The van der Waals surface area contributed by atoms with E-state index in [0.29, 0.717) is 0 Å². The van der Waals surface area contributed by atoms with E-state index in [9.17, 15) is 0 Å². The van der Waals surface area contributed by atoms with Gasteiger partial charge in [0.2, 0.25) is 0 Å². The Bertz CT molecular complexity index is 541. The maximum Gasteiger partial charge on any atom is 0.0707 e. The van der Waals surface area contributed by atoms with Gasteiger partial charge in [0.1, 0.15) is 0 Å². The van der Waals surface area contributed by atoms with E-state index in [1.165, 1.54) is 26.1 Å². The van der Waals surface area contributed by atoms with Gasteiger partial charge in [-0.15, -0.1) is 0 Å². The van der Waals surface area contributed by atoms with Crippen LogP contribution in [0.1, 0.15) is 16.8 Å². The average Bonchev–Trinajstić information content (AvgIpc) is 2.64. The van der Waals surface area contributed by atoms with E-state index < -0.39 is 0 Å². The summed E-state index contributed by atoms with van der Waals surface area (Å²) in [5, 5.41) is 4.29. The molecule has 0 aliphatic carbocycles. The van der Waals surface area contributed by atoms with Crippen LogP contribution < -0.4 is 4.90 Å². The van der Waals surface area contributed by atoms with Crippen LogP contribution in [-0.4, -0.2) is 16.8 Å². The van der Waals surface area contributed by atoms with E-state index in [1.807, 2.05) is 17.9 Å². The van der Waals surface area contributed by atoms with Crippen LogP contribution in [0.5, 0.6) is 0 Å². The lowest BCUT2D eigenvalue weighted by molar-refractivity contribution is 0.697. The number of hydrogen-bond donors (Lipinski definition) is 0. The van der Waals surface area contributed by atoms with Gasteiger partial charge in [0, 0.05) is 19.8 Å². The van der Waals surface area contributed by atoms with Gasteiger partial charge in [-0.05, 0) is 53.6 Å². The van der Waals surface area contributed by atoms with Crippen LogP contribution in [0, 0.1) is 17.4 Å². The summed E-state index contributed by atoms with van der Waals surface area (Å²) in [4.78, 5) is 2.28. The van der Waals surface area contributed by atoms with E-state index in [1.54, 1.807) is 0 Å². The highest BCUT2D eigenvalue weighted by atomic mass is 127. The molecule has 3 nitrogen and oxygen atoms in total. The van der Waals surface area contributed by atoms with Gasteiger partial charge in [0.25, 0.3) is 0 Å². The lowest BCUT2D eigenvalue weighted by Gasteiger charge is -2.22. The number of rotatable bonds is 3. The first kappa shape index (κ1) is 13.4. The lowest BCUT2D eigenvalue weighted by Crippen LogP contribution is -2.20. The van der Waals surface area contributed by atoms with E-state index in [2.05, 4.69) is 71.7 Å². The summed E-state index contributed by atoms with van der Waals surface area (Å²) >= 11 is 2.34. The molecule has 0 N–H and O–H groups in total. The molecule has 96 valence electrons. The highest BCUT2D eigenvalue weighted by Gasteiger charge is 2.11. The molecule has 0 aliphatic rings. The third-order valence-electron chi connectivity index (χ3n) is 3.17. The molecule has 2 aromatic rings. The molecule has 1 heterocycles. The molecular formula is C14H18IN3. The number of nitrogens with zero attached hydrogens (tertiary/aromatic N) is 3. The van der Waals surface area contributed by atoms with Gasteiger partial charge < -0.3 is 4.90 Å². The summed E-state index contributed by atoms with van der Waals surface area (Å²) in [7, 11) is 4.12. The Morgan fingerprint density at radius 2 is 2.06 bits per heavy atom. The van der Waals surface area contributed by atoms with Crippen molar-refractivity contribution in [1.29, 1.82) is 0 Å². The minimum absolute atomic E-state index is 0.874. The highest BCUT2D eigenvalue weighted by Crippen LogP contribution is 2.23. The van der Waals surface area contributed by atoms with Crippen LogP contribution >= 0.6 is 22.6 Å². The van der Waals surface area contributed by atoms with Gasteiger partial charge in [-0.3, -0.25) is 4.68 Å². The minimum atomic E-state index is 0.874. The molecule has 1 aromatic carbocycles. The third-order valence-corrected chi connectivity index (χ3v) is 4.07. The van der Waals surface area contributed by atoms with Crippen LogP contribution in [0.25, 0.3) is 0 Å². The van der Waals surface area contributed by atoms with Crippen molar-refractivity contribution in [1.82, 2.24) is 9.78 Å². The molecule has 0 spiro atoms. The fraction of sp³-hybridized carbons (Fsp3) is 0.357. The van der Waals surface area contributed by atoms with E-state index in [0.717, 1.165) is 6.54 Å². The van der Waals surface area contributed by atoms with Gasteiger partial charge in [0.05, 0.1) is 22.0 Å². The van der Waals surface area contributed by atoms with Crippen molar-refractivity contribution in [2.24, 2.45) is 7.05 Å². The largest absolute Gasteiger partial charge is 0.368 e. The number of aromatic nitrogens is 2. The van der Waals surface area contributed by atoms with Crippen molar-refractivity contribution < 1.29 is 0 Å². The molecule has 0 saturated carbocycles. The Kier molecular flexibility index (Phi) is 3.94. The predicted octanol–water partition coefficient (Wildman–Crippen LogP) is 3.28. The summed E-state index contributed by atoms with van der Waals surface area (Å²) < 4.78 is 3.16. The van der Waals surface area contributed by atoms with Crippen LogP contribution in [0.15, 0.2) is 24.4 Å². The zero-order chi connectivity index (χ0) is 13.3. The third kappa shape index (κ3) is 2.68. The Hall–Kier alpha value is -1.04. The normalized spacial score (nSPS) is 10.7. The van der Waals surface area contributed by atoms with Crippen LogP contribution in [-0.2, 0) is 13.6 Å². The van der Waals surface area contributed by atoms with Crippen LogP contribution in [0.2, 0.25) is 0 Å². The number of halogens is 1. The first-order valence-electron chi connectivity index (χ1n) is 5.94. The minimum Gasteiger partial charge on any atom is -0.368 e. The number of hydrogen-bond acceptors (Lipinski definition) is 2. The Balaban J connectivity index is 2.27. The van der Waals surface area contributed by atoms with Gasteiger partial charge >= 0.3 is 0 Å². The van der Waals surface area contributed by atoms with Crippen molar-refractivity contribution >= 4 is 28.3 Å². The molecule has 0 unspecified atom stereocenters. The van der Waals surface area contributed by atoms with E-state index in [-0.39, 0.29) is 0 Å². The van der Waals surface area contributed by atoms with Crippen molar-refractivity contribution in [3.8, 4) is 0 Å². The molecule has 0 saturated heterocycles. The topological polar surface area (TPSA) is 21.1 Å². The fourth-order valence-electron chi connectivity index (χ4n) is 2.05. The van der Waals surface area contributed by atoms with Crippen molar-refractivity contribution in [2.45, 2.75) is 20.4 Å². The number of aryl methyl sites for hydroxylation is 3. The van der Waals surface area contributed by atoms with Crippen molar-refractivity contribution in [3.63, 3.8) is 0 Å². The Labute approximate surface area is 122 Å². The zero-order valence-electron chi connectivity index (χ0n) is 11.2. The number of benzene rings is 1. The second-order valence-electron chi connectivity index (χ2n) is 4.71. The molecule has 1 aromatic heterocycles. The zero-order valence-corrected chi connectivity index (χ0v) is 13.4. The van der Waals surface area contributed by atoms with Crippen molar-refractivity contribution in [2.75, 3.05) is 11.9 Å².